The molecular weight excluding hydrogens is 342 g/mol. The first-order valence-corrected chi connectivity index (χ1v) is 10.5. The van der Waals surface area contributed by atoms with Crippen LogP contribution in [0.15, 0.2) is 41.1 Å². The summed E-state index contributed by atoms with van der Waals surface area (Å²) in [6, 6.07) is 11.8. The number of thiophene rings is 1. The van der Waals surface area contributed by atoms with E-state index in [-0.39, 0.29) is 12.1 Å². The van der Waals surface area contributed by atoms with Crippen molar-refractivity contribution >= 4 is 17.4 Å². The molecule has 2 aromatic rings. The number of rotatable bonds is 4. The molecule has 5 heteroatoms. The van der Waals surface area contributed by atoms with Gasteiger partial charge in [-0.05, 0) is 59.7 Å². The summed E-state index contributed by atoms with van der Waals surface area (Å²) < 4.78 is 0. The van der Waals surface area contributed by atoms with Gasteiger partial charge in [0.2, 0.25) is 0 Å². The number of hydrogen-bond acceptors (Lipinski definition) is 3. The molecule has 1 aromatic carbocycles. The molecule has 2 heterocycles. The lowest BCUT2D eigenvalue weighted by Gasteiger charge is -2.38. The van der Waals surface area contributed by atoms with Crippen molar-refractivity contribution < 1.29 is 4.79 Å². The monoisotopic (exact) mass is 369 g/mol. The summed E-state index contributed by atoms with van der Waals surface area (Å²) in [5.74, 6) is 0. The average molecular weight is 370 g/mol. The number of fused-ring (bicyclic) bond motifs is 1. The molecule has 0 bridgehead atoms. The van der Waals surface area contributed by atoms with E-state index >= 15 is 0 Å². The Hall–Kier alpha value is -1.85. The van der Waals surface area contributed by atoms with Crippen LogP contribution in [0.2, 0.25) is 0 Å². The number of hydrogen-bond donors (Lipinski definition) is 1. The molecule has 1 saturated heterocycles. The maximum Gasteiger partial charge on any atom is 0.317 e. The molecule has 2 aliphatic rings. The zero-order valence-corrected chi connectivity index (χ0v) is 16.2. The van der Waals surface area contributed by atoms with Crippen molar-refractivity contribution in [1.29, 1.82) is 0 Å². The number of carbonyl (C=O) groups excluding carboxylic acids is 1. The number of benzene rings is 1. The van der Waals surface area contributed by atoms with Gasteiger partial charge in [0.1, 0.15) is 0 Å². The van der Waals surface area contributed by atoms with Crippen LogP contribution in [0.4, 0.5) is 4.79 Å². The second-order valence-electron chi connectivity index (χ2n) is 7.54. The van der Waals surface area contributed by atoms with Crippen LogP contribution in [0.25, 0.3) is 0 Å². The molecule has 1 N–H and O–H groups in total. The highest BCUT2D eigenvalue weighted by Gasteiger charge is 2.30. The van der Waals surface area contributed by atoms with Crippen molar-refractivity contribution in [1.82, 2.24) is 15.1 Å². The van der Waals surface area contributed by atoms with Crippen LogP contribution in [0.3, 0.4) is 0 Å². The molecule has 4 nitrogen and oxygen atoms in total. The molecule has 1 fully saturated rings. The first kappa shape index (κ1) is 17.6. The number of nitrogens with one attached hydrogen (secondary N) is 1. The molecule has 2 amide bonds. The third kappa shape index (κ3) is 3.94. The van der Waals surface area contributed by atoms with E-state index in [1.54, 1.807) is 11.3 Å². The van der Waals surface area contributed by atoms with Gasteiger partial charge >= 0.3 is 6.03 Å². The van der Waals surface area contributed by atoms with E-state index < -0.39 is 0 Å². The lowest BCUT2D eigenvalue weighted by atomic mass is 10.1. The number of amides is 2. The minimum atomic E-state index is 0.0853. The smallest absolute Gasteiger partial charge is 0.317 e. The summed E-state index contributed by atoms with van der Waals surface area (Å²) >= 11 is 1.71. The Morgan fingerprint density at radius 2 is 1.85 bits per heavy atom. The highest BCUT2D eigenvalue weighted by molar-refractivity contribution is 7.07. The van der Waals surface area contributed by atoms with Gasteiger partial charge in [0, 0.05) is 38.3 Å². The van der Waals surface area contributed by atoms with Crippen molar-refractivity contribution in [2.45, 2.75) is 38.3 Å². The lowest BCUT2D eigenvalue weighted by molar-refractivity contribution is 0.110. The molecule has 0 unspecified atom stereocenters. The molecule has 0 saturated carbocycles. The molecular formula is C21H27N3OS. The zero-order valence-electron chi connectivity index (χ0n) is 15.4. The molecule has 26 heavy (non-hydrogen) atoms. The maximum absolute atomic E-state index is 12.5. The highest BCUT2D eigenvalue weighted by atomic mass is 32.1. The highest BCUT2D eigenvalue weighted by Crippen LogP contribution is 2.26. The Bertz CT molecular complexity index is 712. The average Bonchev–Trinajstić information content (AvgIpc) is 3.31. The molecule has 0 radical (unpaired) electrons. The third-order valence-corrected chi connectivity index (χ3v) is 6.37. The van der Waals surface area contributed by atoms with Gasteiger partial charge in [0.05, 0.1) is 0 Å². The van der Waals surface area contributed by atoms with E-state index in [0.29, 0.717) is 6.04 Å². The predicted molar refractivity (Wildman–Crippen MR) is 107 cm³/mol. The summed E-state index contributed by atoms with van der Waals surface area (Å²) in [5.41, 5.74) is 4.30. The van der Waals surface area contributed by atoms with Crippen LogP contribution in [0, 0.1) is 0 Å². The molecule has 1 aliphatic heterocycles. The Balaban J connectivity index is 1.24. The molecule has 4 rings (SSSR count). The van der Waals surface area contributed by atoms with Crippen LogP contribution >= 0.6 is 11.3 Å². The quantitative estimate of drug-likeness (QED) is 0.898. The Morgan fingerprint density at radius 3 is 2.46 bits per heavy atom. The van der Waals surface area contributed by atoms with Crippen molar-refractivity contribution in [3.63, 3.8) is 0 Å². The van der Waals surface area contributed by atoms with Crippen LogP contribution in [0.1, 0.15) is 23.6 Å². The third-order valence-electron chi connectivity index (χ3n) is 5.64. The summed E-state index contributed by atoms with van der Waals surface area (Å²) in [6.45, 7) is 5.69. The SMILES string of the molecule is C[C@H](Cc1ccsc1)NC(=O)N1CCN(C2Cc3ccccc3C2)CC1. The van der Waals surface area contributed by atoms with Gasteiger partial charge in [-0.3, -0.25) is 4.90 Å². The summed E-state index contributed by atoms with van der Waals surface area (Å²) in [5, 5.41) is 7.40. The van der Waals surface area contributed by atoms with Crippen LogP contribution in [-0.4, -0.2) is 54.1 Å². The van der Waals surface area contributed by atoms with E-state index in [2.05, 4.69) is 58.2 Å². The summed E-state index contributed by atoms with van der Waals surface area (Å²) in [7, 11) is 0. The Labute approximate surface area is 159 Å². The van der Waals surface area contributed by atoms with Crippen LogP contribution in [0.5, 0.6) is 0 Å². The lowest BCUT2D eigenvalue weighted by Crippen LogP contribution is -2.55. The fourth-order valence-corrected chi connectivity index (χ4v) is 4.88. The van der Waals surface area contributed by atoms with Gasteiger partial charge < -0.3 is 10.2 Å². The first-order valence-electron chi connectivity index (χ1n) is 9.56. The molecule has 1 aliphatic carbocycles. The van der Waals surface area contributed by atoms with Gasteiger partial charge in [-0.2, -0.15) is 11.3 Å². The summed E-state index contributed by atoms with van der Waals surface area (Å²) in [4.78, 5) is 17.1. The Kier molecular flexibility index (Phi) is 5.27. The number of urea groups is 1. The predicted octanol–water partition coefficient (Wildman–Crippen LogP) is 3.17. The fourth-order valence-electron chi connectivity index (χ4n) is 4.20. The molecule has 0 spiro atoms. The van der Waals surface area contributed by atoms with Crippen molar-refractivity contribution in [2.24, 2.45) is 0 Å². The van der Waals surface area contributed by atoms with E-state index in [4.69, 9.17) is 0 Å². The van der Waals surface area contributed by atoms with Gasteiger partial charge in [0.15, 0.2) is 0 Å². The largest absolute Gasteiger partial charge is 0.335 e. The maximum atomic E-state index is 12.5. The number of nitrogens with zero attached hydrogens (tertiary/aromatic N) is 2. The van der Waals surface area contributed by atoms with E-state index in [9.17, 15) is 4.79 Å². The van der Waals surface area contributed by atoms with Crippen molar-refractivity contribution in [2.75, 3.05) is 26.2 Å². The minimum absolute atomic E-state index is 0.0853. The molecule has 1 aromatic heterocycles. The van der Waals surface area contributed by atoms with Crippen LogP contribution in [-0.2, 0) is 19.3 Å². The number of piperazine rings is 1. The van der Waals surface area contributed by atoms with Crippen molar-refractivity contribution in [3.05, 3.63) is 57.8 Å². The van der Waals surface area contributed by atoms with E-state index in [0.717, 1.165) is 45.4 Å². The second kappa shape index (κ2) is 7.80. The topological polar surface area (TPSA) is 35.6 Å². The molecule has 138 valence electrons. The summed E-state index contributed by atoms with van der Waals surface area (Å²) in [6.07, 6.45) is 3.20. The van der Waals surface area contributed by atoms with Crippen molar-refractivity contribution in [3.8, 4) is 0 Å². The molecule has 1 atom stereocenters. The first-order chi connectivity index (χ1) is 12.7. The zero-order chi connectivity index (χ0) is 17.9. The fraction of sp³-hybridized carbons (Fsp3) is 0.476. The van der Waals surface area contributed by atoms with E-state index in [1.165, 1.54) is 16.7 Å². The van der Waals surface area contributed by atoms with Gasteiger partial charge in [-0.25, -0.2) is 4.79 Å². The second-order valence-corrected chi connectivity index (χ2v) is 8.32. The van der Waals surface area contributed by atoms with Gasteiger partial charge in [-0.15, -0.1) is 0 Å². The Morgan fingerprint density at radius 1 is 1.15 bits per heavy atom. The number of carbonyl (C=O) groups is 1. The van der Waals surface area contributed by atoms with Gasteiger partial charge in [0.25, 0.3) is 0 Å². The minimum Gasteiger partial charge on any atom is -0.335 e. The standard InChI is InChI=1S/C21H27N3OS/c1-16(12-17-6-11-26-15-17)22-21(25)24-9-7-23(8-10-24)20-13-18-4-2-3-5-19(18)14-20/h2-6,11,15-16,20H,7-10,12-14H2,1H3,(H,22,25)/t16-/m1/s1. The van der Waals surface area contributed by atoms with Crippen LogP contribution < -0.4 is 5.32 Å². The van der Waals surface area contributed by atoms with E-state index in [1.807, 2.05) is 4.90 Å². The normalized spacial score (nSPS) is 19.3. The van der Waals surface area contributed by atoms with Gasteiger partial charge in [-0.1, -0.05) is 24.3 Å².